The number of aromatic nitrogens is 3. The first-order valence-electron chi connectivity index (χ1n) is 11.7. The summed E-state index contributed by atoms with van der Waals surface area (Å²) in [5.41, 5.74) is 3.49. The molecular weight excluding hydrogens is 447 g/mol. The Bertz CT molecular complexity index is 1330. The van der Waals surface area contributed by atoms with Crippen molar-refractivity contribution in [2.75, 3.05) is 19.7 Å². The van der Waals surface area contributed by atoms with Crippen molar-refractivity contribution >= 4 is 16.9 Å². The van der Waals surface area contributed by atoms with E-state index in [-0.39, 0.29) is 17.3 Å². The van der Waals surface area contributed by atoms with E-state index in [0.717, 1.165) is 50.2 Å². The van der Waals surface area contributed by atoms with Crippen molar-refractivity contribution in [2.24, 2.45) is 15.9 Å². The van der Waals surface area contributed by atoms with Gasteiger partial charge in [0.25, 0.3) is 0 Å². The summed E-state index contributed by atoms with van der Waals surface area (Å²) < 4.78 is 21.3. The Morgan fingerprint density at radius 1 is 1.34 bits per heavy atom. The second-order valence-electron chi connectivity index (χ2n) is 9.16. The summed E-state index contributed by atoms with van der Waals surface area (Å²) in [6.45, 7) is 4.13. The number of hydrazone groups is 1. The molecule has 5 rings (SSSR count). The Morgan fingerprint density at radius 2 is 2.14 bits per heavy atom. The fraction of sp³-hybridized carbons (Fsp3) is 0.400. The Hall–Kier alpha value is -3.84. The smallest absolute Gasteiger partial charge is 0.147 e. The molecule has 2 fully saturated rings. The zero-order valence-electron chi connectivity index (χ0n) is 19.5. The minimum Gasteiger partial charge on any atom is -0.490 e. The monoisotopic (exact) mass is 474 g/mol. The number of nitrogens with one attached hydrogen (secondary N) is 1. The number of aliphatic imine (C=N–C) groups is 1. The fourth-order valence-electron chi connectivity index (χ4n) is 4.58. The summed E-state index contributed by atoms with van der Waals surface area (Å²) in [5.74, 6) is 5.94. The maximum absolute atomic E-state index is 13.4. The van der Waals surface area contributed by atoms with Gasteiger partial charge < -0.3 is 15.9 Å². The first-order chi connectivity index (χ1) is 17.0. The zero-order valence-corrected chi connectivity index (χ0v) is 19.5. The van der Waals surface area contributed by atoms with E-state index in [4.69, 9.17) is 15.6 Å². The minimum atomic E-state index is -0.368. The number of hydrogen-bond acceptors (Lipinski definition) is 8. The van der Waals surface area contributed by atoms with Crippen LogP contribution in [0.5, 0.6) is 5.75 Å². The van der Waals surface area contributed by atoms with E-state index in [9.17, 15) is 9.65 Å². The molecule has 0 radical (unpaired) electrons. The van der Waals surface area contributed by atoms with E-state index < -0.39 is 0 Å². The third kappa shape index (κ3) is 4.59. The highest BCUT2D eigenvalue weighted by atomic mass is 19.1. The van der Waals surface area contributed by atoms with Gasteiger partial charge in [-0.05, 0) is 63.9 Å². The number of pyridine rings is 2. The van der Waals surface area contributed by atoms with Gasteiger partial charge in [0.1, 0.15) is 34.4 Å². The summed E-state index contributed by atoms with van der Waals surface area (Å²) in [6.07, 6.45) is 8.24. The van der Waals surface area contributed by atoms with Gasteiger partial charge in [0, 0.05) is 17.2 Å². The second kappa shape index (κ2) is 9.43. The van der Waals surface area contributed by atoms with Crippen molar-refractivity contribution in [1.29, 1.82) is 5.26 Å². The molecule has 0 atom stereocenters. The first kappa shape index (κ1) is 22.9. The Labute approximate surface area is 202 Å². The molecule has 180 valence electrons. The van der Waals surface area contributed by atoms with E-state index in [1.807, 2.05) is 13.0 Å². The SMILES string of the molecule is CC(=NC1CCNCC1)/C(=N\N)c1cc(OCC2(c3ccc(F)cn3)CC2)c2c(C#N)cnn2c1. The van der Waals surface area contributed by atoms with Crippen LogP contribution in [0.25, 0.3) is 5.52 Å². The lowest BCUT2D eigenvalue weighted by molar-refractivity contribution is 0.277. The highest BCUT2D eigenvalue weighted by Crippen LogP contribution is 2.47. The average molecular weight is 475 g/mol. The van der Waals surface area contributed by atoms with Crippen LogP contribution in [-0.4, -0.2) is 51.8 Å². The number of fused-ring (bicyclic) bond motifs is 1. The van der Waals surface area contributed by atoms with Gasteiger partial charge in [-0.1, -0.05) is 0 Å². The van der Waals surface area contributed by atoms with Gasteiger partial charge in [-0.15, -0.1) is 0 Å². The number of rotatable bonds is 7. The molecule has 35 heavy (non-hydrogen) atoms. The zero-order chi connectivity index (χ0) is 24.4. The maximum atomic E-state index is 13.4. The number of ether oxygens (including phenoxy) is 1. The summed E-state index contributed by atoms with van der Waals surface area (Å²) >= 11 is 0. The maximum Gasteiger partial charge on any atom is 0.147 e. The lowest BCUT2D eigenvalue weighted by Gasteiger charge is -2.20. The predicted molar refractivity (Wildman–Crippen MR) is 130 cm³/mol. The predicted octanol–water partition coefficient (Wildman–Crippen LogP) is 2.73. The van der Waals surface area contributed by atoms with E-state index >= 15 is 0 Å². The quantitative estimate of drug-likeness (QED) is 0.308. The van der Waals surface area contributed by atoms with Crippen LogP contribution in [0.2, 0.25) is 0 Å². The summed E-state index contributed by atoms with van der Waals surface area (Å²) in [7, 11) is 0. The molecule has 4 heterocycles. The molecule has 9 nitrogen and oxygen atoms in total. The van der Waals surface area contributed by atoms with Crippen molar-refractivity contribution in [3.8, 4) is 11.8 Å². The van der Waals surface area contributed by atoms with Crippen molar-refractivity contribution < 1.29 is 9.13 Å². The molecule has 1 saturated heterocycles. The molecule has 0 spiro atoms. The van der Waals surface area contributed by atoms with E-state index in [1.165, 1.54) is 18.5 Å². The number of piperidine rings is 1. The van der Waals surface area contributed by atoms with Crippen LogP contribution in [-0.2, 0) is 5.41 Å². The molecule has 3 N–H and O–H groups in total. The van der Waals surface area contributed by atoms with Gasteiger partial charge in [0.05, 0.1) is 36.4 Å². The number of nitrogens with two attached hydrogens (primary N) is 1. The summed E-state index contributed by atoms with van der Waals surface area (Å²) in [5, 5.41) is 21.3. The molecule has 2 aliphatic rings. The highest BCUT2D eigenvalue weighted by Gasteiger charge is 2.46. The van der Waals surface area contributed by atoms with Crippen LogP contribution in [0.4, 0.5) is 4.39 Å². The van der Waals surface area contributed by atoms with Crippen LogP contribution in [0.3, 0.4) is 0 Å². The molecule has 0 amide bonds. The lowest BCUT2D eigenvalue weighted by atomic mass is 10.0. The summed E-state index contributed by atoms with van der Waals surface area (Å²) in [6, 6.07) is 7.36. The van der Waals surface area contributed by atoms with Crippen LogP contribution in [0, 0.1) is 17.1 Å². The number of nitriles is 1. The molecular formula is C25H27FN8O. The molecule has 0 aromatic carbocycles. The van der Waals surface area contributed by atoms with Gasteiger partial charge in [-0.2, -0.15) is 15.5 Å². The van der Waals surface area contributed by atoms with Crippen LogP contribution < -0.4 is 15.9 Å². The van der Waals surface area contributed by atoms with Crippen molar-refractivity contribution in [3.05, 3.63) is 59.4 Å². The number of hydrogen-bond donors (Lipinski definition) is 2. The molecule has 1 aliphatic carbocycles. The van der Waals surface area contributed by atoms with E-state index in [2.05, 4.69) is 26.6 Å². The standard InChI is InChI=1S/C25H27FN8O/c1-16(32-20-4-8-29-9-5-20)23(33-28)17-10-21(24-18(11-27)12-31-34(24)14-17)35-15-25(6-7-25)22-3-2-19(26)13-30-22/h2-3,10,12-14,20,29H,4-9,15,28H2,1H3/b32-16?,33-23+. The van der Waals surface area contributed by atoms with Gasteiger partial charge in [-0.3, -0.25) is 9.98 Å². The highest BCUT2D eigenvalue weighted by molar-refractivity contribution is 6.47. The molecule has 10 heteroatoms. The first-order valence-corrected chi connectivity index (χ1v) is 11.7. The van der Waals surface area contributed by atoms with E-state index in [0.29, 0.717) is 34.7 Å². The average Bonchev–Trinajstić information content (AvgIpc) is 3.55. The van der Waals surface area contributed by atoms with Crippen molar-refractivity contribution in [3.63, 3.8) is 0 Å². The summed E-state index contributed by atoms with van der Waals surface area (Å²) in [4.78, 5) is 9.13. The van der Waals surface area contributed by atoms with Gasteiger partial charge in [0.15, 0.2) is 0 Å². The van der Waals surface area contributed by atoms with Crippen LogP contribution in [0.15, 0.2) is 46.9 Å². The minimum absolute atomic E-state index is 0.222. The fourth-order valence-corrected chi connectivity index (χ4v) is 4.58. The third-order valence-electron chi connectivity index (χ3n) is 6.76. The largest absolute Gasteiger partial charge is 0.490 e. The Kier molecular flexibility index (Phi) is 6.17. The topological polar surface area (TPSA) is 126 Å². The molecule has 0 bridgehead atoms. The Morgan fingerprint density at radius 3 is 2.80 bits per heavy atom. The molecule has 0 unspecified atom stereocenters. The molecule has 1 saturated carbocycles. The van der Waals surface area contributed by atoms with Gasteiger partial charge >= 0.3 is 0 Å². The van der Waals surface area contributed by atoms with Gasteiger partial charge in [-0.25, -0.2) is 8.91 Å². The van der Waals surface area contributed by atoms with Crippen molar-refractivity contribution in [1.82, 2.24) is 19.9 Å². The van der Waals surface area contributed by atoms with Gasteiger partial charge in [0.2, 0.25) is 0 Å². The molecule has 1 aliphatic heterocycles. The Balaban J connectivity index is 1.47. The number of halogens is 1. The number of nitrogens with zero attached hydrogens (tertiary/aromatic N) is 6. The lowest BCUT2D eigenvalue weighted by Crippen LogP contribution is -2.31. The second-order valence-corrected chi connectivity index (χ2v) is 9.16. The van der Waals surface area contributed by atoms with E-state index in [1.54, 1.807) is 16.8 Å². The van der Waals surface area contributed by atoms with Crippen molar-refractivity contribution in [2.45, 2.75) is 44.1 Å². The normalized spacial score (nSPS) is 18.4. The molecule has 3 aromatic rings. The third-order valence-corrected chi connectivity index (χ3v) is 6.76. The molecule has 3 aromatic heterocycles. The van der Waals surface area contributed by atoms with Crippen LogP contribution in [0.1, 0.15) is 49.4 Å². The van der Waals surface area contributed by atoms with Crippen LogP contribution >= 0.6 is 0 Å².